The van der Waals surface area contributed by atoms with Crippen LogP contribution in [0, 0.1) is 19.8 Å². The molecule has 0 saturated heterocycles. The van der Waals surface area contributed by atoms with E-state index in [2.05, 4.69) is 13.8 Å². The lowest BCUT2D eigenvalue weighted by Gasteiger charge is -2.25. The van der Waals surface area contributed by atoms with Crippen LogP contribution in [0.15, 0.2) is 45.6 Å². The van der Waals surface area contributed by atoms with E-state index in [0.29, 0.717) is 48.6 Å². The van der Waals surface area contributed by atoms with E-state index in [1.165, 1.54) is 0 Å². The zero-order chi connectivity index (χ0) is 24.4. The molecule has 0 saturated carbocycles. The van der Waals surface area contributed by atoms with Gasteiger partial charge < -0.3 is 18.8 Å². The number of carbonyl (C=O) groups excluding carboxylic acids is 1. The smallest absolute Gasteiger partial charge is 0.290 e. The van der Waals surface area contributed by atoms with Crippen molar-refractivity contribution in [3.8, 4) is 5.75 Å². The Labute approximate surface area is 200 Å². The van der Waals surface area contributed by atoms with Gasteiger partial charge in [-0.1, -0.05) is 32.0 Å². The Balaban J connectivity index is 1.82. The Hall–Kier alpha value is -3.12. The number of aryl methyl sites for hydroxylation is 2. The van der Waals surface area contributed by atoms with Gasteiger partial charge in [0, 0.05) is 20.3 Å². The number of rotatable bonds is 9. The molecule has 3 aromatic rings. The van der Waals surface area contributed by atoms with Crippen molar-refractivity contribution >= 4 is 16.9 Å². The van der Waals surface area contributed by atoms with Gasteiger partial charge in [0.25, 0.3) is 5.91 Å². The molecule has 1 atom stereocenters. The highest BCUT2D eigenvalue weighted by Crippen LogP contribution is 2.39. The fraction of sp³-hybridized carbons (Fsp3) is 0.429. The molecule has 180 valence electrons. The lowest BCUT2D eigenvalue weighted by Crippen LogP contribution is -2.31. The van der Waals surface area contributed by atoms with Crippen LogP contribution in [0.1, 0.15) is 65.5 Å². The van der Waals surface area contributed by atoms with E-state index in [4.69, 9.17) is 13.9 Å². The molecule has 0 bridgehead atoms. The molecular formula is C28H33NO5. The number of benzene rings is 2. The summed E-state index contributed by atoms with van der Waals surface area (Å²) in [5.41, 5.74) is 3.39. The van der Waals surface area contributed by atoms with Crippen LogP contribution in [0.3, 0.4) is 0 Å². The molecule has 2 heterocycles. The van der Waals surface area contributed by atoms with Crippen LogP contribution in [0.25, 0.3) is 11.0 Å². The van der Waals surface area contributed by atoms with Gasteiger partial charge in [-0.15, -0.1) is 0 Å². The Morgan fingerprint density at radius 3 is 2.62 bits per heavy atom. The molecule has 0 spiro atoms. The maximum atomic E-state index is 13.8. The summed E-state index contributed by atoms with van der Waals surface area (Å²) >= 11 is 0. The average Bonchev–Trinajstić information content (AvgIpc) is 3.07. The number of methoxy groups -OCH3 is 1. The van der Waals surface area contributed by atoms with Gasteiger partial charge in [0.2, 0.25) is 5.76 Å². The molecule has 4 rings (SSSR count). The summed E-state index contributed by atoms with van der Waals surface area (Å²) in [6.07, 6.45) is 1.61. The topological polar surface area (TPSA) is 69.0 Å². The van der Waals surface area contributed by atoms with E-state index in [0.717, 1.165) is 28.9 Å². The monoisotopic (exact) mass is 463 g/mol. The predicted molar refractivity (Wildman–Crippen MR) is 133 cm³/mol. The minimum atomic E-state index is -0.533. The van der Waals surface area contributed by atoms with Crippen molar-refractivity contribution in [3.63, 3.8) is 0 Å². The average molecular weight is 464 g/mol. The normalized spacial score (nSPS) is 15.4. The Kier molecular flexibility index (Phi) is 7.08. The third-order valence-electron chi connectivity index (χ3n) is 6.28. The second kappa shape index (κ2) is 10.0. The molecule has 6 nitrogen and oxygen atoms in total. The van der Waals surface area contributed by atoms with Gasteiger partial charge in [0.05, 0.1) is 23.6 Å². The Bertz CT molecular complexity index is 1260. The molecule has 0 aliphatic carbocycles. The first-order chi connectivity index (χ1) is 16.3. The Morgan fingerprint density at radius 2 is 1.88 bits per heavy atom. The number of carbonyl (C=O) groups is 1. The number of amides is 1. The fourth-order valence-corrected chi connectivity index (χ4v) is 4.62. The molecule has 1 aliphatic heterocycles. The summed E-state index contributed by atoms with van der Waals surface area (Å²) < 4.78 is 17.3. The van der Waals surface area contributed by atoms with Gasteiger partial charge >= 0.3 is 0 Å². The SMILES string of the molecule is COCCCN1C(=O)c2oc3c(C)cc(C)cc3c(=O)c2C1c1cccc(OCCC(C)C)c1. The zero-order valence-corrected chi connectivity index (χ0v) is 20.6. The van der Waals surface area contributed by atoms with E-state index in [1.807, 2.05) is 50.2 Å². The first-order valence-electron chi connectivity index (χ1n) is 11.9. The van der Waals surface area contributed by atoms with Crippen LogP contribution < -0.4 is 10.2 Å². The van der Waals surface area contributed by atoms with Crippen LogP contribution >= 0.6 is 0 Å². The molecule has 1 aromatic heterocycles. The number of fused-ring (bicyclic) bond motifs is 2. The summed E-state index contributed by atoms with van der Waals surface area (Å²) in [5.74, 6) is 1.15. The minimum Gasteiger partial charge on any atom is -0.494 e. The predicted octanol–water partition coefficient (Wildman–Crippen LogP) is 5.42. The van der Waals surface area contributed by atoms with Crippen LogP contribution in [0.4, 0.5) is 0 Å². The van der Waals surface area contributed by atoms with Crippen LogP contribution in [-0.2, 0) is 4.74 Å². The summed E-state index contributed by atoms with van der Waals surface area (Å²) in [7, 11) is 1.64. The maximum absolute atomic E-state index is 13.8. The molecule has 1 unspecified atom stereocenters. The number of ether oxygens (including phenoxy) is 2. The molecular weight excluding hydrogens is 430 g/mol. The van der Waals surface area contributed by atoms with Crippen LogP contribution in [0.2, 0.25) is 0 Å². The second-order valence-electron chi connectivity index (χ2n) is 9.48. The lowest BCUT2D eigenvalue weighted by molar-refractivity contribution is 0.0707. The summed E-state index contributed by atoms with van der Waals surface area (Å²) in [4.78, 5) is 29.0. The van der Waals surface area contributed by atoms with Crippen molar-refractivity contribution in [1.82, 2.24) is 4.90 Å². The molecule has 2 aromatic carbocycles. The highest BCUT2D eigenvalue weighted by molar-refractivity contribution is 5.99. The van der Waals surface area contributed by atoms with Gasteiger partial charge in [0.15, 0.2) is 5.43 Å². The quantitative estimate of drug-likeness (QED) is 0.397. The fourth-order valence-electron chi connectivity index (χ4n) is 4.62. The standard InChI is InChI=1S/C28H33NO5/c1-17(2)10-13-33-21-9-6-8-20(16-21)24-23-25(30)22-15-18(3)14-19(4)26(22)34-27(23)28(31)29(24)11-7-12-32-5/h6,8-9,14-17,24H,7,10-13H2,1-5H3. The van der Waals surface area contributed by atoms with Gasteiger partial charge in [-0.25, -0.2) is 0 Å². The molecule has 0 N–H and O–H groups in total. The van der Waals surface area contributed by atoms with Crippen molar-refractivity contribution in [2.24, 2.45) is 5.92 Å². The van der Waals surface area contributed by atoms with Gasteiger partial charge in [-0.2, -0.15) is 0 Å². The molecule has 6 heteroatoms. The van der Waals surface area contributed by atoms with Crippen LogP contribution in [-0.4, -0.2) is 37.7 Å². The van der Waals surface area contributed by atoms with Gasteiger partial charge in [-0.3, -0.25) is 9.59 Å². The van der Waals surface area contributed by atoms with Crippen molar-refractivity contribution in [3.05, 3.63) is 74.6 Å². The van der Waals surface area contributed by atoms with Crippen molar-refractivity contribution in [1.29, 1.82) is 0 Å². The number of hydrogen-bond acceptors (Lipinski definition) is 5. The molecule has 0 fully saturated rings. The van der Waals surface area contributed by atoms with Crippen LogP contribution in [0.5, 0.6) is 5.75 Å². The molecule has 1 amide bonds. The van der Waals surface area contributed by atoms with Crippen molar-refractivity contribution in [2.75, 3.05) is 26.9 Å². The van der Waals surface area contributed by atoms with E-state index >= 15 is 0 Å². The Morgan fingerprint density at radius 1 is 1.09 bits per heavy atom. The molecule has 0 radical (unpaired) electrons. The van der Waals surface area contributed by atoms with Crippen molar-refractivity contribution in [2.45, 2.75) is 46.6 Å². The van der Waals surface area contributed by atoms with E-state index < -0.39 is 6.04 Å². The first-order valence-corrected chi connectivity index (χ1v) is 11.9. The van der Waals surface area contributed by atoms with E-state index in [-0.39, 0.29) is 17.1 Å². The largest absolute Gasteiger partial charge is 0.494 e. The molecule has 34 heavy (non-hydrogen) atoms. The lowest BCUT2D eigenvalue weighted by atomic mass is 9.97. The third kappa shape index (κ3) is 4.60. The highest BCUT2D eigenvalue weighted by Gasteiger charge is 2.42. The third-order valence-corrected chi connectivity index (χ3v) is 6.28. The summed E-state index contributed by atoms with van der Waals surface area (Å²) in [6, 6.07) is 11.0. The number of nitrogens with zero attached hydrogens (tertiary/aromatic N) is 1. The van der Waals surface area contributed by atoms with Crippen molar-refractivity contribution < 1.29 is 18.7 Å². The maximum Gasteiger partial charge on any atom is 0.290 e. The van der Waals surface area contributed by atoms with E-state index in [9.17, 15) is 9.59 Å². The minimum absolute atomic E-state index is 0.137. The van der Waals surface area contributed by atoms with Gasteiger partial charge in [-0.05, 0) is 67.5 Å². The van der Waals surface area contributed by atoms with E-state index in [1.54, 1.807) is 12.0 Å². The second-order valence-corrected chi connectivity index (χ2v) is 9.48. The zero-order valence-electron chi connectivity index (χ0n) is 20.6. The summed E-state index contributed by atoms with van der Waals surface area (Å²) in [6.45, 7) is 9.76. The van der Waals surface area contributed by atoms with Gasteiger partial charge in [0.1, 0.15) is 11.3 Å². The molecule has 1 aliphatic rings. The summed E-state index contributed by atoms with van der Waals surface area (Å²) in [5, 5.41) is 0.511. The number of hydrogen-bond donors (Lipinski definition) is 0. The first kappa shape index (κ1) is 24.0. The highest BCUT2D eigenvalue weighted by atomic mass is 16.5.